The third kappa shape index (κ3) is 5.97. The number of hydrogen-bond acceptors (Lipinski definition) is 9. The molecule has 4 aliphatic heterocycles. The highest BCUT2D eigenvalue weighted by atomic mass is 19.1. The summed E-state index contributed by atoms with van der Waals surface area (Å²) >= 11 is 0. The van der Waals surface area contributed by atoms with E-state index in [9.17, 15) is 19.4 Å². The van der Waals surface area contributed by atoms with Gasteiger partial charge in [-0.15, -0.1) is 0 Å². The molecule has 43 heavy (non-hydrogen) atoms. The number of amidine groups is 1. The van der Waals surface area contributed by atoms with E-state index in [0.717, 1.165) is 74.6 Å². The van der Waals surface area contributed by atoms with Gasteiger partial charge in [0.1, 0.15) is 17.5 Å². The number of hydrogen-bond donors (Lipinski definition) is 2. The molecule has 0 spiro atoms. The lowest BCUT2D eigenvalue weighted by Gasteiger charge is -2.43. The third-order valence-electron chi connectivity index (χ3n) is 9.38. The van der Waals surface area contributed by atoms with Crippen molar-refractivity contribution in [3.63, 3.8) is 0 Å². The van der Waals surface area contributed by atoms with Crippen LogP contribution in [-0.4, -0.2) is 112 Å². The molecule has 1 unspecified atom stereocenters. The first kappa shape index (κ1) is 29.5. The summed E-state index contributed by atoms with van der Waals surface area (Å²) in [5, 5.41) is 19.6. The van der Waals surface area contributed by atoms with E-state index in [1.54, 1.807) is 23.2 Å². The van der Waals surface area contributed by atoms with Crippen LogP contribution in [0.4, 0.5) is 10.2 Å². The second kappa shape index (κ2) is 12.6. The van der Waals surface area contributed by atoms with Crippen LogP contribution in [0.15, 0.2) is 46.5 Å². The SMILES string of the molecule is Cc1cc(C(=O)N2CCC[C@H]2CO)cnc1N1CCN(C2=NC(N3CCC[C@H]3CO)=NC(c3ccc(F)cc3)C2)[C@H](C)C1. The number of aryl methyl sites for hydroxylation is 1. The van der Waals surface area contributed by atoms with Crippen molar-refractivity contribution >= 4 is 23.5 Å². The number of benzene rings is 1. The lowest BCUT2D eigenvalue weighted by Crippen LogP contribution is -2.55. The Hall–Kier alpha value is -3.57. The standard InChI is InChI=1S/C32H42FN7O3/c1-21-15-24(31(43)39-11-3-5-26(39)19-41)17-34-30(21)37-13-14-38(22(2)18-37)29-16-28(23-7-9-25(33)10-8-23)35-32(36-29)40-12-4-6-27(40)20-42/h7-10,15,17,22,26-28,41-42H,3-6,11-14,16,18-20H2,1-2H3/t22-,26+,27+,28?/m1/s1. The number of anilines is 1. The van der Waals surface area contributed by atoms with Gasteiger partial charge in [-0.2, -0.15) is 0 Å². The van der Waals surface area contributed by atoms with E-state index < -0.39 is 0 Å². The quantitative estimate of drug-likeness (QED) is 0.551. The summed E-state index contributed by atoms with van der Waals surface area (Å²) in [6, 6.07) is 8.34. The van der Waals surface area contributed by atoms with E-state index in [0.29, 0.717) is 24.5 Å². The average Bonchev–Trinajstić information content (AvgIpc) is 3.70. The molecule has 2 N–H and O–H groups in total. The van der Waals surface area contributed by atoms with E-state index in [1.165, 1.54) is 12.1 Å². The lowest BCUT2D eigenvalue weighted by atomic mass is 10.0. The van der Waals surface area contributed by atoms with E-state index in [2.05, 4.69) is 21.6 Å². The molecule has 1 amide bonds. The van der Waals surface area contributed by atoms with Gasteiger partial charge in [0.2, 0.25) is 5.96 Å². The number of likely N-dealkylation sites (tertiary alicyclic amines) is 2. The number of aromatic nitrogens is 1. The number of aliphatic imine (C=N–C) groups is 2. The van der Waals surface area contributed by atoms with Crippen molar-refractivity contribution in [1.82, 2.24) is 19.7 Å². The Morgan fingerprint density at radius 2 is 1.74 bits per heavy atom. The van der Waals surface area contributed by atoms with Gasteiger partial charge in [-0.1, -0.05) is 12.1 Å². The maximum absolute atomic E-state index is 13.7. The summed E-state index contributed by atoms with van der Waals surface area (Å²) in [6.07, 6.45) is 5.93. The Labute approximate surface area is 252 Å². The summed E-state index contributed by atoms with van der Waals surface area (Å²) in [4.78, 5) is 36.4. The molecule has 10 nitrogen and oxygen atoms in total. The molecule has 0 radical (unpaired) electrons. The van der Waals surface area contributed by atoms with E-state index in [-0.39, 0.29) is 49.1 Å². The smallest absolute Gasteiger partial charge is 0.255 e. The van der Waals surface area contributed by atoms with Crippen molar-refractivity contribution in [3.8, 4) is 0 Å². The number of nitrogens with zero attached hydrogens (tertiary/aromatic N) is 7. The van der Waals surface area contributed by atoms with Gasteiger partial charge in [-0.25, -0.2) is 19.4 Å². The number of carbonyl (C=O) groups is 1. The van der Waals surface area contributed by atoms with Crippen LogP contribution < -0.4 is 4.90 Å². The fourth-order valence-electron chi connectivity index (χ4n) is 7.04. The van der Waals surface area contributed by atoms with Crippen LogP contribution in [0.1, 0.15) is 66.6 Å². The largest absolute Gasteiger partial charge is 0.394 e. The molecular weight excluding hydrogens is 549 g/mol. The lowest BCUT2D eigenvalue weighted by molar-refractivity contribution is 0.0677. The number of aliphatic hydroxyl groups excluding tert-OH is 2. The summed E-state index contributed by atoms with van der Waals surface area (Å²) in [5.74, 6) is 2.16. The second-order valence-corrected chi connectivity index (χ2v) is 12.2. The molecule has 2 aromatic rings. The Bertz CT molecular complexity index is 1380. The zero-order chi connectivity index (χ0) is 30.1. The molecule has 4 aliphatic rings. The molecule has 4 atom stereocenters. The van der Waals surface area contributed by atoms with Gasteiger partial charge >= 0.3 is 0 Å². The number of piperazine rings is 1. The van der Waals surface area contributed by atoms with Gasteiger partial charge in [0.25, 0.3) is 5.91 Å². The van der Waals surface area contributed by atoms with Gasteiger partial charge in [0.05, 0.1) is 36.9 Å². The van der Waals surface area contributed by atoms with Crippen molar-refractivity contribution in [3.05, 3.63) is 59.0 Å². The van der Waals surface area contributed by atoms with Crippen molar-refractivity contribution in [1.29, 1.82) is 0 Å². The third-order valence-corrected chi connectivity index (χ3v) is 9.38. The number of guanidine groups is 1. The van der Waals surface area contributed by atoms with Crippen LogP contribution in [0.3, 0.4) is 0 Å². The first-order chi connectivity index (χ1) is 20.9. The molecule has 6 rings (SSSR count). The summed E-state index contributed by atoms with van der Waals surface area (Å²) in [6.45, 7) is 7.96. The minimum Gasteiger partial charge on any atom is -0.394 e. The highest BCUT2D eigenvalue weighted by molar-refractivity contribution is 5.99. The molecule has 1 aromatic carbocycles. The Morgan fingerprint density at radius 3 is 2.47 bits per heavy atom. The van der Waals surface area contributed by atoms with Gasteiger partial charge < -0.3 is 29.8 Å². The minimum absolute atomic E-state index is 0.00823. The van der Waals surface area contributed by atoms with Crippen LogP contribution in [0, 0.1) is 12.7 Å². The van der Waals surface area contributed by atoms with Gasteiger partial charge in [-0.05, 0) is 68.9 Å². The maximum Gasteiger partial charge on any atom is 0.255 e. The number of halogens is 1. The van der Waals surface area contributed by atoms with E-state index in [1.807, 2.05) is 13.0 Å². The van der Waals surface area contributed by atoms with Crippen LogP contribution in [-0.2, 0) is 0 Å². The predicted octanol–water partition coefficient (Wildman–Crippen LogP) is 2.99. The second-order valence-electron chi connectivity index (χ2n) is 12.2. The van der Waals surface area contributed by atoms with Crippen molar-refractivity contribution in [2.24, 2.45) is 9.98 Å². The zero-order valence-electron chi connectivity index (χ0n) is 25.1. The molecule has 230 valence electrons. The highest BCUT2D eigenvalue weighted by Crippen LogP contribution is 2.31. The zero-order valence-corrected chi connectivity index (χ0v) is 25.1. The number of amides is 1. The molecule has 0 bridgehead atoms. The molecule has 3 fully saturated rings. The van der Waals surface area contributed by atoms with Crippen LogP contribution >= 0.6 is 0 Å². The first-order valence-electron chi connectivity index (χ1n) is 15.5. The fourth-order valence-corrected chi connectivity index (χ4v) is 7.04. The Kier molecular flexibility index (Phi) is 8.63. The normalized spacial score (nSPS) is 26.2. The van der Waals surface area contributed by atoms with Crippen molar-refractivity contribution in [2.75, 3.05) is 50.8 Å². The summed E-state index contributed by atoms with van der Waals surface area (Å²) < 4.78 is 13.7. The monoisotopic (exact) mass is 591 g/mol. The molecule has 0 aliphatic carbocycles. The number of carbonyl (C=O) groups excluding carboxylic acids is 1. The minimum atomic E-state index is -0.269. The fraction of sp³-hybridized carbons (Fsp3) is 0.562. The molecule has 3 saturated heterocycles. The van der Waals surface area contributed by atoms with E-state index >= 15 is 0 Å². The summed E-state index contributed by atoms with van der Waals surface area (Å²) in [5.41, 5.74) is 2.47. The molecule has 1 aromatic heterocycles. The predicted molar refractivity (Wildman–Crippen MR) is 164 cm³/mol. The number of pyridine rings is 1. The van der Waals surface area contributed by atoms with Gasteiger partial charge in [-0.3, -0.25) is 4.79 Å². The number of rotatable bonds is 5. The molecular formula is C32H42FN7O3. The highest BCUT2D eigenvalue weighted by Gasteiger charge is 2.35. The van der Waals surface area contributed by atoms with Crippen LogP contribution in [0.2, 0.25) is 0 Å². The van der Waals surface area contributed by atoms with Crippen molar-refractivity contribution in [2.45, 2.75) is 70.1 Å². The number of aliphatic hydroxyl groups is 2. The van der Waals surface area contributed by atoms with Crippen LogP contribution in [0.5, 0.6) is 0 Å². The molecule has 0 saturated carbocycles. The molecule has 5 heterocycles. The van der Waals surface area contributed by atoms with Crippen molar-refractivity contribution < 1.29 is 19.4 Å². The van der Waals surface area contributed by atoms with Gasteiger partial charge in [0.15, 0.2) is 0 Å². The maximum atomic E-state index is 13.7. The Balaban J connectivity index is 1.19. The van der Waals surface area contributed by atoms with Crippen LogP contribution in [0.25, 0.3) is 0 Å². The summed E-state index contributed by atoms with van der Waals surface area (Å²) in [7, 11) is 0. The van der Waals surface area contributed by atoms with Gasteiger partial charge in [0, 0.05) is 51.4 Å². The molecule has 11 heteroatoms. The average molecular weight is 592 g/mol. The topological polar surface area (TPSA) is 108 Å². The van der Waals surface area contributed by atoms with E-state index in [4.69, 9.17) is 15.0 Å². The first-order valence-corrected chi connectivity index (χ1v) is 15.5. The Morgan fingerprint density at radius 1 is 1.00 bits per heavy atom.